The summed E-state index contributed by atoms with van der Waals surface area (Å²) in [5, 5.41) is 3.20. The fraction of sp³-hybridized carbons (Fsp3) is 0.333. The Kier molecular flexibility index (Phi) is 4.37. The number of halogens is 1. The predicted octanol–water partition coefficient (Wildman–Crippen LogP) is 1.07. The van der Waals surface area contributed by atoms with Crippen molar-refractivity contribution < 1.29 is 4.39 Å². The van der Waals surface area contributed by atoms with Crippen LogP contribution in [0.3, 0.4) is 0 Å². The summed E-state index contributed by atoms with van der Waals surface area (Å²) in [6.45, 7) is 2.26. The van der Waals surface area contributed by atoms with Gasteiger partial charge < -0.3 is 9.88 Å². The van der Waals surface area contributed by atoms with Gasteiger partial charge in [0.1, 0.15) is 5.82 Å². The average Bonchev–Trinajstić information content (AvgIpc) is 2.48. The van der Waals surface area contributed by atoms with Crippen molar-refractivity contribution in [3.05, 3.63) is 68.2 Å². The van der Waals surface area contributed by atoms with Crippen LogP contribution < -0.4 is 16.6 Å². The Morgan fingerprint density at radius 2 is 1.81 bits per heavy atom. The first-order valence-corrected chi connectivity index (χ1v) is 6.64. The summed E-state index contributed by atoms with van der Waals surface area (Å²) in [5.74, 6) is -0.280. The van der Waals surface area contributed by atoms with Crippen molar-refractivity contribution in [1.82, 2.24) is 14.5 Å². The Balaban J connectivity index is 2.15. The fourth-order valence-electron chi connectivity index (χ4n) is 2.14. The summed E-state index contributed by atoms with van der Waals surface area (Å²) < 4.78 is 15.3. The lowest BCUT2D eigenvalue weighted by Gasteiger charge is -2.14. The Morgan fingerprint density at radius 3 is 2.43 bits per heavy atom. The molecule has 21 heavy (non-hydrogen) atoms. The third-order valence-electron chi connectivity index (χ3n) is 3.49. The predicted molar refractivity (Wildman–Crippen MR) is 78.6 cm³/mol. The van der Waals surface area contributed by atoms with Gasteiger partial charge in [-0.1, -0.05) is 12.1 Å². The molecule has 0 amide bonds. The molecule has 0 aliphatic rings. The third kappa shape index (κ3) is 3.28. The minimum absolute atomic E-state index is 0.0347. The van der Waals surface area contributed by atoms with Crippen LogP contribution in [0.4, 0.5) is 4.39 Å². The van der Waals surface area contributed by atoms with E-state index in [4.69, 9.17) is 0 Å². The Bertz CT molecular complexity index is 747. The van der Waals surface area contributed by atoms with Crippen molar-refractivity contribution in [2.24, 2.45) is 14.1 Å². The van der Waals surface area contributed by atoms with Gasteiger partial charge >= 0.3 is 5.69 Å². The molecule has 0 radical (unpaired) electrons. The van der Waals surface area contributed by atoms with Crippen molar-refractivity contribution in [1.29, 1.82) is 0 Å². The molecule has 2 aromatic rings. The molecule has 0 aliphatic carbocycles. The van der Waals surface area contributed by atoms with Gasteiger partial charge in [0, 0.05) is 38.4 Å². The Morgan fingerprint density at radius 1 is 1.19 bits per heavy atom. The summed E-state index contributed by atoms with van der Waals surface area (Å²) in [5.41, 5.74) is 0.777. The van der Waals surface area contributed by atoms with E-state index in [0.717, 1.165) is 10.1 Å². The monoisotopic (exact) mass is 291 g/mol. The zero-order valence-corrected chi connectivity index (χ0v) is 12.3. The van der Waals surface area contributed by atoms with Crippen molar-refractivity contribution in [2.75, 3.05) is 0 Å². The largest absolute Gasteiger partial charge is 0.330 e. The number of aryl methyl sites for hydroxylation is 1. The highest BCUT2D eigenvalue weighted by Gasteiger charge is 2.09. The van der Waals surface area contributed by atoms with E-state index in [1.165, 1.54) is 29.9 Å². The Labute approximate surface area is 121 Å². The quantitative estimate of drug-likeness (QED) is 0.917. The van der Waals surface area contributed by atoms with Gasteiger partial charge in [0.2, 0.25) is 0 Å². The fourth-order valence-corrected chi connectivity index (χ4v) is 2.14. The molecule has 0 unspecified atom stereocenters. The topological polar surface area (TPSA) is 56.0 Å². The van der Waals surface area contributed by atoms with Crippen molar-refractivity contribution in [2.45, 2.75) is 19.5 Å². The lowest BCUT2D eigenvalue weighted by Crippen LogP contribution is -2.39. The molecule has 0 fully saturated rings. The molecule has 0 bridgehead atoms. The number of hydrogen-bond acceptors (Lipinski definition) is 3. The average molecular weight is 291 g/mol. The van der Waals surface area contributed by atoms with Crippen LogP contribution >= 0.6 is 0 Å². The molecule has 0 saturated heterocycles. The van der Waals surface area contributed by atoms with E-state index in [9.17, 15) is 14.0 Å². The maximum absolute atomic E-state index is 12.9. The van der Waals surface area contributed by atoms with E-state index in [2.05, 4.69) is 5.32 Å². The molecule has 1 aromatic carbocycles. The van der Waals surface area contributed by atoms with Crippen LogP contribution in [0.1, 0.15) is 24.1 Å². The molecule has 1 heterocycles. The van der Waals surface area contributed by atoms with Crippen LogP contribution in [0.5, 0.6) is 0 Å². The summed E-state index contributed by atoms with van der Waals surface area (Å²) in [4.78, 5) is 23.6. The third-order valence-corrected chi connectivity index (χ3v) is 3.49. The molecule has 0 saturated carbocycles. The lowest BCUT2D eigenvalue weighted by molar-refractivity contribution is 0.556. The molecule has 112 valence electrons. The molecular weight excluding hydrogens is 273 g/mol. The molecule has 1 N–H and O–H groups in total. The lowest BCUT2D eigenvalue weighted by atomic mass is 10.1. The van der Waals surface area contributed by atoms with Gasteiger partial charge in [-0.3, -0.25) is 9.36 Å². The summed E-state index contributed by atoms with van der Waals surface area (Å²) >= 11 is 0. The first kappa shape index (κ1) is 15.2. The van der Waals surface area contributed by atoms with E-state index in [1.54, 1.807) is 19.2 Å². The van der Waals surface area contributed by atoms with E-state index in [0.29, 0.717) is 12.1 Å². The number of rotatable bonds is 4. The van der Waals surface area contributed by atoms with Gasteiger partial charge in [0.25, 0.3) is 5.56 Å². The van der Waals surface area contributed by atoms with Gasteiger partial charge in [0.15, 0.2) is 0 Å². The summed E-state index contributed by atoms with van der Waals surface area (Å²) in [7, 11) is 3.06. The molecule has 2 rings (SSSR count). The van der Waals surface area contributed by atoms with Gasteiger partial charge in [0.05, 0.1) is 0 Å². The van der Waals surface area contributed by atoms with E-state index in [-0.39, 0.29) is 23.1 Å². The number of nitrogens with zero attached hydrogens (tertiary/aromatic N) is 2. The highest BCUT2D eigenvalue weighted by atomic mass is 19.1. The maximum atomic E-state index is 12.9. The number of aromatic nitrogens is 2. The van der Waals surface area contributed by atoms with Crippen LogP contribution in [0.25, 0.3) is 0 Å². The molecule has 0 spiro atoms. The maximum Gasteiger partial charge on any atom is 0.330 e. The normalized spacial score (nSPS) is 12.4. The van der Waals surface area contributed by atoms with Crippen molar-refractivity contribution in [3.63, 3.8) is 0 Å². The highest BCUT2D eigenvalue weighted by molar-refractivity contribution is 5.19. The van der Waals surface area contributed by atoms with Crippen LogP contribution in [0.2, 0.25) is 0 Å². The van der Waals surface area contributed by atoms with Crippen LogP contribution in [-0.2, 0) is 20.6 Å². The van der Waals surface area contributed by atoms with Crippen LogP contribution in [0, 0.1) is 5.82 Å². The molecule has 6 heteroatoms. The number of benzene rings is 1. The number of hydrogen-bond donors (Lipinski definition) is 1. The zero-order chi connectivity index (χ0) is 15.6. The molecule has 0 aliphatic heterocycles. The second-order valence-corrected chi connectivity index (χ2v) is 5.07. The van der Waals surface area contributed by atoms with Crippen LogP contribution in [0.15, 0.2) is 40.1 Å². The van der Waals surface area contributed by atoms with Crippen LogP contribution in [-0.4, -0.2) is 9.13 Å². The smallest absolute Gasteiger partial charge is 0.306 e. The highest BCUT2D eigenvalue weighted by Crippen LogP contribution is 2.13. The standard InChI is InChI=1S/C15H18FN3O2/c1-10(11-4-6-13(16)7-5-11)17-8-12-9-18(2)15(21)19(3)14(12)20/h4-7,9-10,17H,8H2,1-3H3/t10-/m0/s1. The minimum Gasteiger partial charge on any atom is -0.306 e. The summed E-state index contributed by atoms with van der Waals surface area (Å²) in [6.07, 6.45) is 1.54. The van der Waals surface area contributed by atoms with Crippen molar-refractivity contribution in [3.8, 4) is 0 Å². The molecular formula is C15H18FN3O2. The van der Waals surface area contributed by atoms with Gasteiger partial charge in [-0.15, -0.1) is 0 Å². The Hall–Kier alpha value is -2.21. The minimum atomic E-state index is -0.352. The van der Waals surface area contributed by atoms with Gasteiger partial charge in [-0.2, -0.15) is 0 Å². The first-order chi connectivity index (χ1) is 9.90. The summed E-state index contributed by atoms with van der Waals surface area (Å²) in [6, 6.07) is 6.17. The zero-order valence-electron chi connectivity index (χ0n) is 12.3. The van der Waals surface area contributed by atoms with Crippen molar-refractivity contribution >= 4 is 0 Å². The molecule has 5 nitrogen and oxygen atoms in total. The molecule has 1 aromatic heterocycles. The van der Waals surface area contributed by atoms with Gasteiger partial charge in [-0.25, -0.2) is 9.18 Å². The van der Waals surface area contributed by atoms with E-state index < -0.39 is 0 Å². The SMILES string of the molecule is C[C@H](NCc1cn(C)c(=O)n(C)c1=O)c1ccc(F)cc1. The number of nitrogens with one attached hydrogen (secondary N) is 1. The van der Waals surface area contributed by atoms with E-state index >= 15 is 0 Å². The molecule has 1 atom stereocenters. The second kappa shape index (κ2) is 6.05. The van der Waals surface area contributed by atoms with Gasteiger partial charge in [-0.05, 0) is 24.6 Å². The first-order valence-electron chi connectivity index (χ1n) is 6.64. The second-order valence-electron chi connectivity index (χ2n) is 5.07. The van der Waals surface area contributed by atoms with E-state index in [1.807, 2.05) is 6.92 Å².